The van der Waals surface area contributed by atoms with Crippen molar-refractivity contribution < 1.29 is 4.74 Å². The Bertz CT molecular complexity index is 521. The van der Waals surface area contributed by atoms with E-state index in [1.165, 1.54) is 11.1 Å². The monoisotopic (exact) mass is 283 g/mol. The standard InChI is InChI=1S/C19H25NO/c1-4-14-21-19-12-10-18(11-13-19)16(3)20-15(2)17-8-6-5-7-9-17/h5-13,15-16,20H,4,14H2,1-3H3. The minimum atomic E-state index is 0.306. The molecule has 2 aromatic carbocycles. The lowest BCUT2D eigenvalue weighted by Gasteiger charge is -2.21. The van der Waals surface area contributed by atoms with E-state index >= 15 is 0 Å². The van der Waals surface area contributed by atoms with E-state index in [0.717, 1.165) is 18.8 Å². The van der Waals surface area contributed by atoms with Crippen molar-refractivity contribution in [1.29, 1.82) is 0 Å². The Kier molecular flexibility index (Phi) is 5.82. The van der Waals surface area contributed by atoms with Crippen LogP contribution in [0.15, 0.2) is 54.6 Å². The number of rotatable bonds is 7. The van der Waals surface area contributed by atoms with E-state index in [9.17, 15) is 0 Å². The van der Waals surface area contributed by atoms with Crippen LogP contribution in [0.4, 0.5) is 0 Å². The Morgan fingerprint density at radius 1 is 0.857 bits per heavy atom. The third-order valence-electron chi connectivity index (χ3n) is 3.65. The average Bonchev–Trinajstić information content (AvgIpc) is 2.54. The maximum atomic E-state index is 5.62. The zero-order valence-corrected chi connectivity index (χ0v) is 13.2. The molecule has 2 aromatic rings. The fourth-order valence-corrected chi connectivity index (χ4v) is 2.38. The molecule has 0 heterocycles. The van der Waals surface area contributed by atoms with Crippen LogP contribution < -0.4 is 10.1 Å². The lowest BCUT2D eigenvalue weighted by atomic mass is 10.0. The molecule has 0 aromatic heterocycles. The SMILES string of the molecule is CCCOc1ccc(C(C)NC(C)c2ccccc2)cc1. The van der Waals surface area contributed by atoms with Gasteiger partial charge in [0.05, 0.1) is 6.61 Å². The molecule has 0 spiro atoms. The molecule has 2 atom stereocenters. The lowest BCUT2D eigenvalue weighted by Crippen LogP contribution is -2.22. The molecule has 1 N–H and O–H groups in total. The molecular formula is C19H25NO. The highest BCUT2D eigenvalue weighted by Gasteiger charge is 2.10. The quantitative estimate of drug-likeness (QED) is 0.781. The fourth-order valence-electron chi connectivity index (χ4n) is 2.38. The van der Waals surface area contributed by atoms with Gasteiger partial charge in [-0.2, -0.15) is 0 Å². The van der Waals surface area contributed by atoms with Gasteiger partial charge in [0.2, 0.25) is 0 Å². The molecule has 2 rings (SSSR count). The summed E-state index contributed by atoms with van der Waals surface area (Å²) < 4.78 is 5.62. The van der Waals surface area contributed by atoms with E-state index in [4.69, 9.17) is 4.74 Å². The number of benzene rings is 2. The van der Waals surface area contributed by atoms with E-state index in [0.29, 0.717) is 12.1 Å². The van der Waals surface area contributed by atoms with Crippen molar-refractivity contribution in [2.24, 2.45) is 0 Å². The summed E-state index contributed by atoms with van der Waals surface area (Å²) >= 11 is 0. The summed E-state index contributed by atoms with van der Waals surface area (Å²) in [4.78, 5) is 0. The van der Waals surface area contributed by atoms with Crippen molar-refractivity contribution in [2.75, 3.05) is 6.61 Å². The molecule has 0 saturated heterocycles. The zero-order valence-electron chi connectivity index (χ0n) is 13.2. The van der Waals surface area contributed by atoms with E-state index in [2.05, 4.69) is 80.7 Å². The van der Waals surface area contributed by atoms with Gasteiger partial charge in [-0.25, -0.2) is 0 Å². The van der Waals surface area contributed by atoms with Crippen molar-refractivity contribution in [1.82, 2.24) is 5.32 Å². The van der Waals surface area contributed by atoms with Gasteiger partial charge >= 0.3 is 0 Å². The Balaban J connectivity index is 1.95. The Labute approximate surface area is 128 Å². The van der Waals surface area contributed by atoms with Gasteiger partial charge in [-0.15, -0.1) is 0 Å². The molecule has 112 valence electrons. The van der Waals surface area contributed by atoms with E-state index in [1.54, 1.807) is 0 Å². The molecule has 21 heavy (non-hydrogen) atoms. The van der Waals surface area contributed by atoms with Crippen molar-refractivity contribution in [3.8, 4) is 5.75 Å². The summed E-state index contributed by atoms with van der Waals surface area (Å²) in [5.41, 5.74) is 2.59. The van der Waals surface area contributed by atoms with Gasteiger partial charge in [0.15, 0.2) is 0 Å². The molecule has 0 aliphatic rings. The van der Waals surface area contributed by atoms with Crippen LogP contribution in [-0.4, -0.2) is 6.61 Å². The topological polar surface area (TPSA) is 21.3 Å². The first kappa shape index (κ1) is 15.6. The minimum Gasteiger partial charge on any atom is -0.494 e. The van der Waals surface area contributed by atoms with Crippen LogP contribution in [0.5, 0.6) is 5.75 Å². The molecule has 0 amide bonds. The van der Waals surface area contributed by atoms with Crippen LogP contribution in [-0.2, 0) is 0 Å². The minimum absolute atomic E-state index is 0.306. The summed E-state index contributed by atoms with van der Waals surface area (Å²) in [5, 5.41) is 3.63. The van der Waals surface area contributed by atoms with Gasteiger partial charge in [0.1, 0.15) is 5.75 Å². The third-order valence-corrected chi connectivity index (χ3v) is 3.65. The number of ether oxygens (including phenoxy) is 1. The van der Waals surface area contributed by atoms with Crippen LogP contribution in [0, 0.1) is 0 Å². The first-order chi connectivity index (χ1) is 10.2. The fraction of sp³-hybridized carbons (Fsp3) is 0.368. The van der Waals surface area contributed by atoms with Crippen LogP contribution in [0.25, 0.3) is 0 Å². The van der Waals surface area contributed by atoms with Crippen LogP contribution in [0.3, 0.4) is 0 Å². The van der Waals surface area contributed by atoms with Gasteiger partial charge < -0.3 is 10.1 Å². The summed E-state index contributed by atoms with van der Waals surface area (Å²) in [6.07, 6.45) is 1.04. The number of hydrogen-bond acceptors (Lipinski definition) is 2. The smallest absolute Gasteiger partial charge is 0.119 e. The second kappa shape index (κ2) is 7.84. The molecule has 2 nitrogen and oxygen atoms in total. The van der Waals surface area contributed by atoms with Gasteiger partial charge in [-0.05, 0) is 43.5 Å². The summed E-state index contributed by atoms with van der Waals surface area (Å²) in [5.74, 6) is 0.948. The van der Waals surface area contributed by atoms with E-state index < -0.39 is 0 Å². The number of nitrogens with one attached hydrogen (secondary N) is 1. The molecule has 0 aliphatic heterocycles. The first-order valence-corrected chi connectivity index (χ1v) is 7.74. The predicted octanol–water partition coefficient (Wildman–Crippen LogP) is 4.89. The highest BCUT2D eigenvalue weighted by molar-refractivity contribution is 5.29. The molecule has 0 bridgehead atoms. The van der Waals surface area contributed by atoms with Gasteiger partial charge in [0.25, 0.3) is 0 Å². The average molecular weight is 283 g/mol. The largest absolute Gasteiger partial charge is 0.494 e. The highest BCUT2D eigenvalue weighted by Crippen LogP contribution is 2.21. The Morgan fingerprint density at radius 2 is 1.43 bits per heavy atom. The Hall–Kier alpha value is -1.80. The normalized spacial score (nSPS) is 13.7. The molecule has 2 heteroatoms. The molecular weight excluding hydrogens is 258 g/mol. The Morgan fingerprint density at radius 3 is 2.00 bits per heavy atom. The van der Waals surface area contributed by atoms with E-state index in [-0.39, 0.29) is 0 Å². The van der Waals surface area contributed by atoms with Crippen molar-refractivity contribution in [2.45, 2.75) is 39.3 Å². The summed E-state index contributed by atoms with van der Waals surface area (Å²) in [6.45, 7) is 7.29. The molecule has 0 fully saturated rings. The maximum Gasteiger partial charge on any atom is 0.119 e. The summed E-state index contributed by atoms with van der Waals surface area (Å²) in [6, 6.07) is 19.5. The first-order valence-electron chi connectivity index (χ1n) is 7.74. The van der Waals surface area contributed by atoms with Gasteiger partial charge in [0, 0.05) is 12.1 Å². The summed E-state index contributed by atoms with van der Waals surface area (Å²) in [7, 11) is 0. The van der Waals surface area contributed by atoms with Crippen LogP contribution in [0.1, 0.15) is 50.4 Å². The highest BCUT2D eigenvalue weighted by atomic mass is 16.5. The van der Waals surface area contributed by atoms with Gasteiger partial charge in [-0.3, -0.25) is 0 Å². The second-order valence-corrected chi connectivity index (χ2v) is 5.44. The molecule has 0 saturated carbocycles. The van der Waals surface area contributed by atoms with Crippen LogP contribution >= 0.6 is 0 Å². The van der Waals surface area contributed by atoms with Crippen LogP contribution in [0.2, 0.25) is 0 Å². The molecule has 0 radical (unpaired) electrons. The zero-order chi connectivity index (χ0) is 15.1. The predicted molar refractivity (Wildman–Crippen MR) is 88.6 cm³/mol. The third kappa shape index (κ3) is 4.61. The lowest BCUT2D eigenvalue weighted by molar-refractivity contribution is 0.317. The van der Waals surface area contributed by atoms with E-state index in [1.807, 2.05) is 0 Å². The van der Waals surface area contributed by atoms with Crippen molar-refractivity contribution >= 4 is 0 Å². The number of hydrogen-bond donors (Lipinski definition) is 1. The molecule has 2 unspecified atom stereocenters. The molecule has 0 aliphatic carbocycles. The van der Waals surface area contributed by atoms with Crippen molar-refractivity contribution in [3.05, 3.63) is 65.7 Å². The maximum absolute atomic E-state index is 5.62. The van der Waals surface area contributed by atoms with Crippen molar-refractivity contribution in [3.63, 3.8) is 0 Å². The second-order valence-electron chi connectivity index (χ2n) is 5.44. The van der Waals surface area contributed by atoms with Gasteiger partial charge in [-0.1, -0.05) is 49.4 Å².